The topological polar surface area (TPSA) is 90.4 Å². The lowest BCUT2D eigenvalue weighted by Crippen LogP contribution is -2.01. The number of benzene rings is 1. The summed E-state index contributed by atoms with van der Waals surface area (Å²) in [5.74, 6) is 1.56. The third kappa shape index (κ3) is 2.87. The van der Waals surface area contributed by atoms with Crippen LogP contribution in [0.4, 0.5) is 11.4 Å². The Morgan fingerprint density at radius 1 is 1.45 bits per heavy atom. The lowest BCUT2D eigenvalue weighted by atomic mass is 10.2. The highest BCUT2D eigenvalue weighted by molar-refractivity contribution is 5.57. The summed E-state index contributed by atoms with van der Waals surface area (Å²) in [5, 5.41) is 13.9. The SMILES string of the molecule is COc1cc(NCc2nc(C)c(C)o2)ccc1[N+](=O)[O-]. The van der Waals surface area contributed by atoms with Crippen LogP contribution in [0.2, 0.25) is 0 Å². The Morgan fingerprint density at radius 3 is 2.75 bits per heavy atom. The number of aromatic nitrogens is 1. The van der Waals surface area contributed by atoms with Crippen molar-refractivity contribution in [3.63, 3.8) is 0 Å². The maximum Gasteiger partial charge on any atom is 0.311 e. The van der Waals surface area contributed by atoms with E-state index in [1.807, 2.05) is 13.8 Å². The average molecular weight is 277 g/mol. The molecule has 2 aromatic rings. The molecule has 1 heterocycles. The molecule has 0 aliphatic heterocycles. The first-order valence-corrected chi connectivity index (χ1v) is 6.00. The van der Waals surface area contributed by atoms with E-state index >= 15 is 0 Å². The van der Waals surface area contributed by atoms with Gasteiger partial charge in [-0.05, 0) is 19.9 Å². The van der Waals surface area contributed by atoms with Gasteiger partial charge in [0, 0.05) is 17.8 Å². The molecule has 0 aliphatic carbocycles. The van der Waals surface area contributed by atoms with Gasteiger partial charge in [0.2, 0.25) is 5.89 Å². The molecule has 0 fully saturated rings. The normalized spacial score (nSPS) is 10.3. The van der Waals surface area contributed by atoms with E-state index in [9.17, 15) is 10.1 Å². The number of oxazole rings is 1. The Hall–Kier alpha value is -2.57. The number of nitrogens with one attached hydrogen (secondary N) is 1. The average Bonchev–Trinajstić information content (AvgIpc) is 2.75. The minimum absolute atomic E-state index is 0.0686. The summed E-state index contributed by atoms with van der Waals surface area (Å²) >= 11 is 0. The lowest BCUT2D eigenvalue weighted by molar-refractivity contribution is -0.385. The van der Waals surface area contributed by atoms with Crippen molar-refractivity contribution in [1.82, 2.24) is 4.98 Å². The third-order valence-corrected chi connectivity index (χ3v) is 2.89. The number of rotatable bonds is 5. The third-order valence-electron chi connectivity index (χ3n) is 2.89. The molecular weight excluding hydrogens is 262 g/mol. The number of nitro benzene ring substituents is 1. The molecular formula is C13H15N3O4. The zero-order valence-corrected chi connectivity index (χ0v) is 11.5. The van der Waals surface area contributed by atoms with Crippen LogP contribution in [0.25, 0.3) is 0 Å². The lowest BCUT2D eigenvalue weighted by Gasteiger charge is -2.06. The summed E-state index contributed by atoms with van der Waals surface area (Å²) in [6, 6.07) is 4.58. The maximum atomic E-state index is 10.8. The number of hydrogen-bond donors (Lipinski definition) is 1. The van der Waals surface area contributed by atoms with Gasteiger partial charge < -0.3 is 14.5 Å². The van der Waals surface area contributed by atoms with Gasteiger partial charge in [-0.3, -0.25) is 10.1 Å². The van der Waals surface area contributed by atoms with Crippen LogP contribution in [0.3, 0.4) is 0 Å². The number of aryl methyl sites for hydroxylation is 2. The van der Waals surface area contributed by atoms with E-state index in [1.165, 1.54) is 13.2 Å². The fourth-order valence-corrected chi connectivity index (χ4v) is 1.73. The van der Waals surface area contributed by atoms with Gasteiger partial charge in [0.1, 0.15) is 5.76 Å². The van der Waals surface area contributed by atoms with Crippen LogP contribution in [0.1, 0.15) is 17.3 Å². The molecule has 0 aliphatic rings. The molecule has 0 spiro atoms. The molecule has 7 nitrogen and oxygen atoms in total. The molecule has 0 bridgehead atoms. The molecule has 0 radical (unpaired) electrons. The summed E-state index contributed by atoms with van der Waals surface area (Å²) in [6.45, 7) is 4.12. The molecule has 0 amide bonds. The van der Waals surface area contributed by atoms with Crippen molar-refractivity contribution < 1.29 is 14.1 Å². The molecule has 0 saturated carbocycles. The number of nitro groups is 1. The quantitative estimate of drug-likeness (QED) is 0.667. The predicted octanol–water partition coefficient (Wildman–Crippen LogP) is 2.82. The number of anilines is 1. The molecule has 106 valence electrons. The highest BCUT2D eigenvalue weighted by Gasteiger charge is 2.14. The number of methoxy groups -OCH3 is 1. The highest BCUT2D eigenvalue weighted by atomic mass is 16.6. The van der Waals surface area contributed by atoms with Gasteiger partial charge in [-0.2, -0.15) is 0 Å². The van der Waals surface area contributed by atoms with E-state index < -0.39 is 4.92 Å². The number of hydrogen-bond acceptors (Lipinski definition) is 6. The van der Waals surface area contributed by atoms with Crippen molar-refractivity contribution >= 4 is 11.4 Å². The van der Waals surface area contributed by atoms with Crippen LogP contribution in [-0.2, 0) is 6.54 Å². The van der Waals surface area contributed by atoms with Gasteiger partial charge in [-0.25, -0.2) is 4.98 Å². The molecule has 1 aromatic carbocycles. The first-order valence-electron chi connectivity index (χ1n) is 6.00. The predicted molar refractivity (Wildman–Crippen MR) is 73.0 cm³/mol. The Labute approximate surface area is 115 Å². The van der Waals surface area contributed by atoms with E-state index in [0.717, 1.165) is 11.5 Å². The zero-order valence-electron chi connectivity index (χ0n) is 11.5. The summed E-state index contributed by atoms with van der Waals surface area (Å²) in [5.41, 5.74) is 1.48. The van der Waals surface area contributed by atoms with Crippen LogP contribution >= 0.6 is 0 Å². The van der Waals surface area contributed by atoms with Crippen molar-refractivity contribution in [2.24, 2.45) is 0 Å². The van der Waals surface area contributed by atoms with E-state index in [2.05, 4.69) is 10.3 Å². The van der Waals surface area contributed by atoms with Gasteiger partial charge in [-0.15, -0.1) is 0 Å². The summed E-state index contributed by atoms with van der Waals surface area (Å²) in [6.07, 6.45) is 0. The fourth-order valence-electron chi connectivity index (χ4n) is 1.73. The minimum Gasteiger partial charge on any atom is -0.490 e. The first kappa shape index (κ1) is 13.9. The second-order valence-electron chi connectivity index (χ2n) is 4.25. The van der Waals surface area contributed by atoms with Crippen molar-refractivity contribution in [2.45, 2.75) is 20.4 Å². The smallest absolute Gasteiger partial charge is 0.311 e. The van der Waals surface area contributed by atoms with Crippen molar-refractivity contribution in [2.75, 3.05) is 12.4 Å². The van der Waals surface area contributed by atoms with Gasteiger partial charge in [0.25, 0.3) is 0 Å². The molecule has 7 heteroatoms. The Bertz CT molecular complexity index is 617. The van der Waals surface area contributed by atoms with E-state index in [0.29, 0.717) is 18.1 Å². The number of nitrogens with zero attached hydrogens (tertiary/aromatic N) is 2. The zero-order chi connectivity index (χ0) is 14.7. The largest absolute Gasteiger partial charge is 0.490 e. The summed E-state index contributed by atoms with van der Waals surface area (Å²) < 4.78 is 10.4. The Morgan fingerprint density at radius 2 is 2.20 bits per heavy atom. The van der Waals surface area contributed by atoms with Gasteiger partial charge in [0.15, 0.2) is 5.75 Å². The Kier molecular flexibility index (Phi) is 3.88. The first-order chi connectivity index (χ1) is 9.51. The fraction of sp³-hybridized carbons (Fsp3) is 0.308. The highest BCUT2D eigenvalue weighted by Crippen LogP contribution is 2.29. The Balaban J connectivity index is 2.12. The molecule has 20 heavy (non-hydrogen) atoms. The monoisotopic (exact) mass is 277 g/mol. The molecule has 2 rings (SSSR count). The standard InChI is InChI=1S/C13H15N3O4/c1-8-9(2)20-13(15-8)7-14-10-4-5-11(16(17)18)12(6-10)19-3/h4-6,14H,7H2,1-3H3. The van der Waals surface area contributed by atoms with Crippen LogP contribution in [0, 0.1) is 24.0 Å². The van der Waals surface area contributed by atoms with Gasteiger partial charge in [-0.1, -0.05) is 0 Å². The van der Waals surface area contributed by atoms with Crippen molar-refractivity contribution in [3.8, 4) is 5.75 Å². The van der Waals surface area contributed by atoms with Crippen LogP contribution in [-0.4, -0.2) is 17.0 Å². The van der Waals surface area contributed by atoms with Gasteiger partial charge in [0.05, 0.1) is 24.3 Å². The molecule has 1 N–H and O–H groups in total. The minimum atomic E-state index is -0.483. The van der Waals surface area contributed by atoms with Crippen LogP contribution in [0.15, 0.2) is 22.6 Å². The number of ether oxygens (including phenoxy) is 1. The summed E-state index contributed by atoms with van der Waals surface area (Å²) in [7, 11) is 1.40. The van der Waals surface area contributed by atoms with Gasteiger partial charge >= 0.3 is 5.69 Å². The molecule has 0 atom stereocenters. The molecule has 0 unspecified atom stereocenters. The maximum absolute atomic E-state index is 10.8. The molecule has 1 aromatic heterocycles. The van der Waals surface area contributed by atoms with Crippen LogP contribution < -0.4 is 10.1 Å². The molecule has 0 saturated heterocycles. The second kappa shape index (κ2) is 5.60. The van der Waals surface area contributed by atoms with Crippen LogP contribution in [0.5, 0.6) is 5.75 Å². The van der Waals surface area contributed by atoms with E-state index in [1.54, 1.807) is 12.1 Å². The van der Waals surface area contributed by atoms with E-state index in [-0.39, 0.29) is 11.4 Å². The van der Waals surface area contributed by atoms with Crippen molar-refractivity contribution in [1.29, 1.82) is 0 Å². The summed E-state index contributed by atoms with van der Waals surface area (Å²) in [4.78, 5) is 14.6. The van der Waals surface area contributed by atoms with E-state index in [4.69, 9.17) is 9.15 Å². The second-order valence-corrected chi connectivity index (χ2v) is 4.25. The van der Waals surface area contributed by atoms with Crippen molar-refractivity contribution in [3.05, 3.63) is 45.7 Å².